The van der Waals surface area contributed by atoms with Crippen molar-refractivity contribution in [1.82, 2.24) is 9.88 Å². The third kappa shape index (κ3) is 4.84. The van der Waals surface area contributed by atoms with Crippen LogP contribution in [0.4, 0.5) is 18.3 Å². The Morgan fingerprint density at radius 3 is 2.47 bits per heavy atom. The first-order chi connectivity index (χ1) is 14.3. The Hall–Kier alpha value is -2.81. The Kier molecular flexibility index (Phi) is 5.55. The fourth-order valence-corrected chi connectivity index (χ4v) is 4.41. The highest BCUT2D eigenvalue weighted by atomic mass is 32.1. The standard InChI is InChI=1S/C21H20F3N3O2S/c1-14-2-4-15(5-3-14)12-19(28)26-8-10-27(11-9-26)20-25-17-7-6-16(13-18(17)30-20)29-21(22,23)24/h2-7,13H,8-12H2,1H3. The van der Waals surface area contributed by atoms with Crippen LogP contribution in [0.5, 0.6) is 5.75 Å². The maximum Gasteiger partial charge on any atom is 0.573 e. The van der Waals surface area contributed by atoms with Crippen LogP contribution in [0.1, 0.15) is 11.1 Å². The molecule has 3 aromatic rings. The highest BCUT2D eigenvalue weighted by Gasteiger charge is 2.31. The molecular weight excluding hydrogens is 415 g/mol. The summed E-state index contributed by atoms with van der Waals surface area (Å²) in [4.78, 5) is 21.0. The number of anilines is 1. The number of amides is 1. The zero-order chi connectivity index (χ0) is 21.3. The molecule has 1 saturated heterocycles. The summed E-state index contributed by atoms with van der Waals surface area (Å²) < 4.78 is 41.9. The van der Waals surface area contributed by atoms with Gasteiger partial charge in [-0.05, 0) is 24.6 Å². The molecule has 0 radical (unpaired) electrons. The molecule has 30 heavy (non-hydrogen) atoms. The summed E-state index contributed by atoms with van der Waals surface area (Å²) in [6, 6.07) is 12.1. The number of benzene rings is 2. The minimum Gasteiger partial charge on any atom is -0.406 e. The van der Waals surface area contributed by atoms with E-state index < -0.39 is 6.36 Å². The first kappa shape index (κ1) is 20.5. The number of nitrogens with zero attached hydrogens (tertiary/aromatic N) is 3. The Labute approximate surface area is 175 Å². The van der Waals surface area contributed by atoms with Crippen molar-refractivity contribution in [3.63, 3.8) is 0 Å². The van der Waals surface area contributed by atoms with Gasteiger partial charge in [0.2, 0.25) is 5.91 Å². The summed E-state index contributed by atoms with van der Waals surface area (Å²) in [5.74, 6) is -0.159. The molecule has 1 aromatic heterocycles. The smallest absolute Gasteiger partial charge is 0.406 e. The summed E-state index contributed by atoms with van der Waals surface area (Å²) in [6.45, 7) is 4.44. The molecule has 2 aromatic carbocycles. The summed E-state index contributed by atoms with van der Waals surface area (Å²) in [7, 11) is 0. The van der Waals surface area contributed by atoms with Crippen molar-refractivity contribution in [2.24, 2.45) is 0 Å². The first-order valence-electron chi connectivity index (χ1n) is 9.51. The van der Waals surface area contributed by atoms with Crippen molar-refractivity contribution in [1.29, 1.82) is 0 Å². The van der Waals surface area contributed by atoms with Gasteiger partial charge in [-0.2, -0.15) is 0 Å². The van der Waals surface area contributed by atoms with E-state index in [1.54, 1.807) is 0 Å². The summed E-state index contributed by atoms with van der Waals surface area (Å²) in [5.41, 5.74) is 2.78. The fraction of sp³-hybridized carbons (Fsp3) is 0.333. The average Bonchev–Trinajstić information content (AvgIpc) is 3.12. The number of alkyl halides is 3. The van der Waals surface area contributed by atoms with Crippen LogP contribution < -0.4 is 9.64 Å². The molecule has 0 bridgehead atoms. The molecule has 0 unspecified atom stereocenters. The molecule has 0 atom stereocenters. The van der Waals surface area contributed by atoms with E-state index in [1.165, 1.54) is 29.5 Å². The predicted molar refractivity (Wildman–Crippen MR) is 110 cm³/mol. The monoisotopic (exact) mass is 435 g/mol. The van der Waals surface area contributed by atoms with Crippen molar-refractivity contribution < 1.29 is 22.7 Å². The van der Waals surface area contributed by atoms with Crippen LogP contribution >= 0.6 is 11.3 Å². The molecule has 2 heterocycles. The lowest BCUT2D eigenvalue weighted by Crippen LogP contribution is -2.49. The summed E-state index contributed by atoms with van der Waals surface area (Å²) >= 11 is 1.32. The normalized spacial score (nSPS) is 14.9. The molecule has 4 rings (SSSR count). The number of aromatic nitrogens is 1. The Morgan fingerprint density at radius 2 is 1.80 bits per heavy atom. The van der Waals surface area contributed by atoms with Crippen LogP contribution in [0.2, 0.25) is 0 Å². The maximum absolute atomic E-state index is 12.6. The van der Waals surface area contributed by atoms with E-state index >= 15 is 0 Å². The number of fused-ring (bicyclic) bond motifs is 1. The Bertz CT molecular complexity index is 1040. The lowest BCUT2D eigenvalue weighted by atomic mass is 10.1. The number of carbonyl (C=O) groups is 1. The number of carbonyl (C=O) groups excluding carboxylic acids is 1. The van der Waals surface area contributed by atoms with E-state index in [1.807, 2.05) is 36.1 Å². The number of piperazine rings is 1. The molecule has 1 aliphatic heterocycles. The number of hydrogen-bond donors (Lipinski definition) is 0. The lowest BCUT2D eigenvalue weighted by Gasteiger charge is -2.34. The van der Waals surface area contributed by atoms with Gasteiger partial charge in [0.25, 0.3) is 0 Å². The van der Waals surface area contributed by atoms with E-state index in [-0.39, 0.29) is 11.7 Å². The minimum atomic E-state index is -4.72. The zero-order valence-electron chi connectivity index (χ0n) is 16.3. The number of rotatable bonds is 4. The van der Waals surface area contributed by atoms with Crippen LogP contribution in [-0.4, -0.2) is 48.3 Å². The molecule has 0 aliphatic carbocycles. The third-order valence-electron chi connectivity index (χ3n) is 4.96. The highest BCUT2D eigenvalue weighted by Crippen LogP contribution is 2.33. The number of ether oxygens (including phenoxy) is 1. The van der Waals surface area contributed by atoms with E-state index in [9.17, 15) is 18.0 Å². The van der Waals surface area contributed by atoms with E-state index in [4.69, 9.17) is 0 Å². The fourth-order valence-electron chi connectivity index (χ4n) is 3.36. The zero-order valence-corrected chi connectivity index (χ0v) is 17.1. The number of halogens is 3. The van der Waals surface area contributed by atoms with E-state index in [0.29, 0.717) is 42.8 Å². The molecule has 1 amide bonds. The molecule has 0 spiro atoms. The molecule has 1 aliphatic rings. The highest BCUT2D eigenvalue weighted by molar-refractivity contribution is 7.22. The predicted octanol–water partition coefficient (Wildman–Crippen LogP) is 4.39. The van der Waals surface area contributed by atoms with Crippen LogP contribution in [0.25, 0.3) is 10.2 Å². The molecule has 9 heteroatoms. The number of thiazole rings is 1. The van der Waals surface area contributed by atoms with Crippen LogP contribution in [-0.2, 0) is 11.2 Å². The second kappa shape index (κ2) is 8.14. The molecule has 5 nitrogen and oxygen atoms in total. The van der Waals surface area contributed by atoms with Gasteiger partial charge in [-0.15, -0.1) is 13.2 Å². The van der Waals surface area contributed by atoms with Crippen molar-refractivity contribution >= 4 is 32.6 Å². The van der Waals surface area contributed by atoms with Gasteiger partial charge in [0.1, 0.15) is 5.75 Å². The van der Waals surface area contributed by atoms with Gasteiger partial charge in [0, 0.05) is 32.2 Å². The van der Waals surface area contributed by atoms with Gasteiger partial charge in [-0.3, -0.25) is 4.79 Å². The maximum atomic E-state index is 12.6. The summed E-state index contributed by atoms with van der Waals surface area (Å²) in [6.07, 6.45) is -4.34. The van der Waals surface area contributed by atoms with Gasteiger partial charge in [0.05, 0.1) is 16.6 Å². The first-order valence-corrected chi connectivity index (χ1v) is 10.3. The molecule has 0 N–H and O–H groups in total. The van der Waals surface area contributed by atoms with Gasteiger partial charge in [-0.1, -0.05) is 41.2 Å². The lowest BCUT2D eigenvalue weighted by molar-refractivity contribution is -0.274. The topological polar surface area (TPSA) is 45.7 Å². The van der Waals surface area contributed by atoms with Crippen molar-refractivity contribution in [3.05, 3.63) is 53.6 Å². The van der Waals surface area contributed by atoms with Crippen molar-refractivity contribution in [2.75, 3.05) is 31.1 Å². The molecular formula is C21H20F3N3O2S. The van der Waals surface area contributed by atoms with E-state index in [2.05, 4.69) is 14.6 Å². The molecule has 0 saturated carbocycles. The van der Waals surface area contributed by atoms with Crippen molar-refractivity contribution in [2.45, 2.75) is 19.7 Å². The van der Waals surface area contributed by atoms with Crippen LogP contribution in [0.15, 0.2) is 42.5 Å². The van der Waals surface area contributed by atoms with E-state index in [0.717, 1.165) is 16.3 Å². The molecule has 158 valence electrons. The minimum absolute atomic E-state index is 0.0942. The van der Waals surface area contributed by atoms with Crippen LogP contribution in [0.3, 0.4) is 0 Å². The number of hydrogen-bond acceptors (Lipinski definition) is 5. The Balaban J connectivity index is 1.38. The number of aryl methyl sites for hydroxylation is 1. The third-order valence-corrected chi connectivity index (χ3v) is 6.04. The SMILES string of the molecule is Cc1ccc(CC(=O)N2CCN(c3nc4ccc(OC(F)(F)F)cc4s3)CC2)cc1. The average molecular weight is 435 g/mol. The second-order valence-corrected chi connectivity index (χ2v) is 8.21. The molecule has 1 fully saturated rings. The second-order valence-electron chi connectivity index (χ2n) is 7.20. The Morgan fingerprint density at radius 1 is 1.10 bits per heavy atom. The van der Waals surface area contributed by atoms with Gasteiger partial charge < -0.3 is 14.5 Å². The summed E-state index contributed by atoms with van der Waals surface area (Å²) in [5, 5.41) is 0.736. The van der Waals surface area contributed by atoms with Gasteiger partial charge >= 0.3 is 6.36 Å². The van der Waals surface area contributed by atoms with Gasteiger partial charge in [0.15, 0.2) is 5.13 Å². The quantitative estimate of drug-likeness (QED) is 0.610. The van der Waals surface area contributed by atoms with Gasteiger partial charge in [-0.25, -0.2) is 4.98 Å². The largest absolute Gasteiger partial charge is 0.573 e. The van der Waals surface area contributed by atoms with Crippen LogP contribution in [0, 0.1) is 6.92 Å². The van der Waals surface area contributed by atoms with Crippen molar-refractivity contribution in [3.8, 4) is 5.75 Å².